The molecule has 2 saturated carbocycles. The van der Waals surface area contributed by atoms with Crippen molar-refractivity contribution >= 4 is 12.2 Å². The quantitative estimate of drug-likeness (QED) is 0.604. The van der Waals surface area contributed by atoms with Gasteiger partial charge >= 0.3 is 12.2 Å². The first kappa shape index (κ1) is 22.3. The molecule has 6 heteroatoms. The second-order valence-corrected chi connectivity index (χ2v) is 11.2. The molecule has 178 valence electrons. The number of benzene rings is 1. The number of hydrogen-bond acceptors (Lipinski definition) is 4. The molecule has 0 spiro atoms. The van der Waals surface area contributed by atoms with Crippen LogP contribution in [0.15, 0.2) is 42.0 Å². The monoisotopic (exact) mass is 452 g/mol. The molecule has 1 heterocycles. The lowest BCUT2D eigenvalue weighted by Gasteiger charge is -2.52. The van der Waals surface area contributed by atoms with Gasteiger partial charge in [0.05, 0.1) is 6.61 Å². The number of allylic oxidation sites excluding steroid dienone is 2. The van der Waals surface area contributed by atoms with Gasteiger partial charge in [0.2, 0.25) is 0 Å². The maximum absolute atomic E-state index is 13.1. The third kappa shape index (κ3) is 4.90. The van der Waals surface area contributed by atoms with Gasteiger partial charge < -0.3 is 19.7 Å². The molecule has 1 aliphatic heterocycles. The highest BCUT2D eigenvalue weighted by Gasteiger charge is 2.50. The van der Waals surface area contributed by atoms with Gasteiger partial charge in [-0.3, -0.25) is 0 Å². The predicted molar refractivity (Wildman–Crippen MR) is 126 cm³/mol. The molecule has 4 bridgehead atoms. The normalized spacial score (nSPS) is 28.8. The van der Waals surface area contributed by atoms with Crippen molar-refractivity contribution in [3.05, 3.63) is 47.5 Å². The molecule has 1 aromatic rings. The SMILES string of the molecule is CC(C)COC(=O)NCC1(Cc2ccccc2)CN(C(=O)OC2C3CC4=CC(C3)CC2C4)C1. The van der Waals surface area contributed by atoms with E-state index >= 15 is 0 Å². The standard InChI is InChI=1S/C27H36N2O4/c1-18(2)14-32-25(30)28-15-27(13-19-6-4-3-5-7-19)16-29(17-27)26(31)33-24-22-9-20-8-21(11-22)12-23(24)10-20/h3-8,18,20,22-24H,9-17H2,1-2H3,(H,28,30). The Labute approximate surface area is 196 Å². The number of hydrogen-bond donors (Lipinski definition) is 1. The van der Waals surface area contributed by atoms with Crippen LogP contribution in [0.3, 0.4) is 0 Å². The van der Waals surface area contributed by atoms with E-state index in [-0.39, 0.29) is 23.7 Å². The van der Waals surface area contributed by atoms with Gasteiger partial charge in [-0.2, -0.15) is 0 Å². The second-order valence-electron chi connectivity index (χ2n) is 11.2. The lowest BCUT2D eigenvalue weighted by Crippen LogP contribution is -2.64. The Morgan fingerprint density at radius 2 is 1.82 bits per heavy atom. The fourth-order valence-electron chi connectivity index (χ4n) is 6.43. The summed E-state index contributed by atoms with van der Waals surface area (Å²) in [6.45, 7) is 6.08. The molecular weight excluding hydrogens is 416 g/mol. The highest BCUT2D eigenvalue weighted by molar-refractivity contribution is 5.70. The van der Waals surface area contributed by atoms with Crippen molar-refractivity contribution in [2.75, 3.05) is 26.2 Å². The molecule has 1 saturated heterocycles. The van der Waals surface area contributed by atoms with Crippen LogP contribution < -0.4 is 5.32 Å². The van der Waals surface area contributed by atoms with E-state index in [4.69, 9.17) is 9.47 Å². The molecule has 0 aromatic heterocycles. The molecule has 5 aliphatic rings. The van der Waals surface area contributed by atoms with Crippen molar-refractivity contribution in [3.63, 3.8) is 0 Å². The van der Waals surface area contributed by atoms with Crippen molar-refractivity contribution in [2.45, 2.75) is 52.1 Å². The molecule has 6 rings (SSSR count). The van der Waals surface area contributed by atoms with Crippen LogP contribution >= 0.6 is 0 Å². The average Bonchev–Trinajstić information content (AvgIpc) is 2.76. The van der Waals surface area contributed by atoms with E-state index in [1.165, 1.54) is 5.56 Å². The van der Waals surface area contributed by atoms with Crippen molar-refractivity contribution in [1.82, 2.24) is 10.2 Å². The Hall–Kier alpha value is -2.50. The average molecular weight is 453 g/mol. The molecule has 2 unspecified atom stereocenters. The van der Waals surface area contributed by atoms with Crippen molar-refractivity contribution in [1.29, 1.82) is 0 Å². The van der Waals surface area contributed by atoms with Gasteiger partial charge in [-0.1, -0.05) is 55.8 Å². The summed E-state index contributed by atoms with van der Waals surface area (Å²) in [5, 5.41) is 2.94. The van der Waals surface area contributed by atoms with E-state index in [1.54, 1.807) is 5.57 Å². The van der Waals surface area contributed by atoms with Crippen molar-refractivity contribution in [2.24, 2.45) is 29.1 Å². The molecule has 3 fully saturated rings. The molecule has 2 atom stereocenters. The number of likely N-dealkylation sites (tertiary alicyclic amines) is 1. The maximum Gasteiger partial charge on any atom is 0.410 e. The first-order valence-corrected chi connectivity index (χ1v) is 12.5. The van der Waals surface area contributed by atoms with Gasteiger partial charge in [-0.05, 0) is 49.5 Å². The van der Waals surface area contributed by atoms with Gasteiger partial charge in [-0.15, -0.1) is 0 Å². The zero-order valence-electron chi connectivity index (χ0n) is 19.8. The summed E-state index contributed by atoms with van der Waals surface area (Å²) in [6.07, 6.45) is 7.30. The van der Waals surface area contributed by atoms with Crippen LogP contribution in [0.25, 0.3) is 0 Å². The summed E-state index contributed by atoms with van der Waals surface area (Å²) in [7, 11) is 0. The van der Waals surface area contributed by atoms with E-state index < -0.39 is 0 Å². The lowest BCUT2D eigenvalue weighted by molar-refractivity contribution is -0.0686. The van der Waals surface area contributed by atoms with Crippen molar-refractivity contribution in [3.8, 4) is 0 Å². The molecule has 1 aromatic carbocycles. The molecule has 33 heavy (non-hydrogen) atoms. The van der Waals surface area contributed by atoms with Gasteiger partial charge in [0.25, 0.3) is 0 Å². The Bertz CT molecular complexity index is 888. The minimum Gasteiger partial charge on any atom is -0.449 e. The van der Waals surface area contributed by atoms with Gasteiger partial charge in [0.1, 0.15) is 6.10 Å². The maximum atomic E-state index is 13.1. The Morgan fingerprint density at radius 3 is 2.45 bits per heavy atom. The third-order valence-electron chi connectivity index (χ3n) is 7.79. The summed E-state index contributed by atoms with van der Waals surface area (Å²) < 4.78 is 11.4. The van der Waals surface area contributed by atoms with E-state index in [0.717, 1.165) is 32.1 Å². The summed E-state index contributed by atoms with van der Waals surface area (Å²) in [6, 6.07) is 10.3. The summed E-state index contributed by atoms with van der Waals surface area (Å²) in [5.74, 6) is 2.00. The zero-order chi connectivity index (χ0) is 23.0. The molecule has 0 radical (unpaired) electrons. The van der Waals surface area contributed by atoms with Gasteiger partial charge in [-0.25, -0.2) is 9.59 Å². The van der Waals surface area contributed by atoms with Gasteiger partial charge in [0.15, 0.2) is 0 Å². The minimum atomic E-state index is -0.389. The summed E-state index contributed by atoms with van der Waals surface area (Å²) >= 11 is 0. The number of amides is 2. The van der Waals surface area contributed by atoms with Gasteiger partial charge in [0, 0.05) is 36.9 Å². The molecular formula is C27H36N2O4. The Balaban J connectivity index is 1.19. The minimum absolute atomic E-state index is 0.0689. The van der Waals surface area contributed by atoms with Crippen LogP contribution in [0.1, 0.15) is 45.1 Å². The first-order chi connectivity index (χ1) is 15.9. The number of nitrogens with zero attached hydrogens (tertiary/aromatic N) is 1. The predicted octanol–water partition coefficient (Wildman–Crippen LogP) is 4.79. The van der Waals surface area contributed by atoms with E-state index in [1.807, 2.05) is 36.9 Å². The third-order valence-corrected chi connectivity index (χ3v) is 7.79. The number of carbonyl (C=O) groups excluding carboxylic acids is 2. The molecule has 1 N–H and O–H groups in total. The highest BCUT2D eigenvalue weighted by Crippen LogP contribution is 2.51. The summed E-state index contributed by atoms with van der Waals surface area (Å²) in [4.78, 5) is 27.0. The number of rotatable bonds is 7. The van der Waals surface area contributed by atoms with Crippen LogP contribution in [0, 0.1) is 29.1 Å². The first-order valence-electron chi connectivity index (χ1n) is 12.5. The van der Waals surface area contributed by atoms with Crippen LogP contribution in [0.4, 0.5) is 9.59 Å². The fraction of sp³-hybridized carbons (Fsp3) is 0.630. The number of alkyl carbamates (subject to hydrolysis) is 1. The fourth-order valence-corrected chi connectivity index (χ4v) is 6.43. The molecule has 6 nitrogen and oxygen atoms in total. The number of ether oxygens (including phenoxy) is 2. The van der Waals surface area contributed by atoms with Crippen molar-refractivity contribution < 1.29 is 19.1 Å². The summed E-state index contributed by atoms with van der Waals surface area (Å²) in [5.41, 5.74) is 2.59. The Kier molecular flexibility index (Phi) is 6.11. The Morgan fingerprint density at radius 1 is 1.12 bits per heavy atom. The number of carbonyl (C=O) groups is 2. The van der Waals surface area contributed by atoms with Crippen LogP contribution in [0.5, 0.6) is 0 Å². The van der Waals surface area contributed by atoms with Crippen LogP contribution in [-0.4, -0.2) is 49.4 Å². The van der Waals surface area contributed by atoms with Crippen LogP contribution in [0.2, 0.25) is 0 Å². The zero-order valence-corrected chi connectivity index (χ0v) is 19.8. The number of nitrogens with one attached hydrogen (secondary N) is 1. The largest absolute Gasteiger partial charge is 0.449 e. The van der Waals surface area contributed by atoms with E-state index in [0.29, 0.717) is 49.9 Å². The van der Waals surface area contributed by atoms with E-state index in [9.17, 15) is 9.59 Å². The van der Waals surface area contributed by atoms with E-state index in [2.05, 4.69) is 23.5 Å². The topological polar surface area (TPSA) is 67.9 Å². The molecule has 2 amide bonds. The second kappa shape index (κ2) is 9.03. The van der Waals surface area contributed by atoms with Crippen LogP contribution in [-0.2, 0) is 15.9 Å². The smallest absolute Gasteiger partial charge is 0.410 e. The molecule has 4 aliphatic carbocycles. The lowest BCUT2D eigenvalue weighted by atomic mass is 9.60. The highest BCUT2D eigenvalue weighted by atomic mass is 16.6.